The minimum absolute atomic E-state index is 0.0640. The van der Waals surface area contributed by atoms with Crippen LogP contribution in [0.4, 0.5) is 13.2 Å². The van der Waals surface area contributed by atoms with Crippen LogP contribution in [0.15, 0.2) is 12.2 Å². The van der Waals surface area contributed by atoms with E-state index in [4.69, 9.17) is 0 Å². The van der Waals surface area contributed by atoms with Crippen LogP contribution in [-0.4, -0.2) is 35.4 Å². The predicted molar refractivity (Wildman–Crippen MR) is 121 cm³/mol. The molecule has 0 aliphatic heterocycles. The van der Waals surface area contributed by atoms with Crippen LogP contribution >= 0.6 is 11.8 Å². The van der Waals surface area contributed by atoms with Crippen LogP contribution in [0.25, 0.3) is 0 Å². The minimum atomic E-state index is -4.80. The van der Waals surface area contributed by atoms with E-state index in [0.717, 1.165) is 57.1 Å². The molecule has 0 aromatic heterocycles. The van der Waals surface area contributed by atoms with Crippen molar-refractivity contribution in [2.24, 2.45) is 34.5 Å². The molecular weight excluding hydrogens is 435 g/mol. The van der Waals surface area contributed by atoms with Crippen molar-refractivity contribution in [3.05, 3.63) is 12.2 Å². The van der Waals surface area contributed by atoms with Gasteiger partial charge >= 0.3 is 12.1 Å². The number of Topliss-reactive ketones (excluding diaryl/α,β-unsaturated/α-hetero) is 1. The van der Waals surface area contributed by atoms with Gasteiger partial charge in [0, 0.05) is 23.6 Å². The summed E-state index contributed by atoms with van der Waals surface area (Å²) in [7, 11) is 0. The standard InChI is InChI=1S/C25H36F3NO2S/c1-15-13-17-18-5-6-21(30)24(18,3)10-8-19(17)23(2)9-7-16(14-20(15)23)32-12-4-11-29-22(31)25(26,27)28/h16-20H,1,4-14H2,2-3H3,(H,29,31)/t16?,17?,18?,19?,20-,23-,24+/m1/s1. The lowest BCUT2D eigenvalue weighted by atomic mass is 9.44. The fourth-order valence-electron chi connectivity index (χ4n) is 7.76. The molecule has 0 aromatic rings. The molecule has 4 rings (SSSR count). The smallest absolute Gasteiger partial charge is 0.348 e. The number of carbonyl (C=O) groups is 2. The van der Waals surface area contributed by atoms with Crippen molar-refractivity contribution in [1.29, 1.82) is 0 Å². The number of fused-ring (bicyclic) bond motifs is 5. The molecule has 4 unspecified atom stereocenters. The Morgan fingerprint density at radius 3 is 2.66 bits per heavy atom. The van der Waals surface area contributed by atoms with E-state index in [0.29, 0.717) is 41.1 Å². The quantitative estimate of drug-likeness (QED) is 0.399. The zero-order chi connectivity index (χ0) is 23.3. The molecule has 0 heterocycles. The molecule has 32 heavy (non-hydrogen) atoms. The van der Waals surface area contributed by atoms with Crippen molar-refractivity contribution in [1.82, 2.24) is 5.32 Å². The molecule has 0 spiro atoms. The number of carbonyl (C=O) groups excluding carboxylic acids is 2. The third kappa shape index (κ3) is 4.16. The van der Waals surface area contributed by atoms with Gasteiger partial charge in [0.1, 0.15) is 5.78 Å². The molecular formula is C25H36F3NO2S. The number of nitrogens with one attached hydrogen (secondary N) is 1. The van der Waals surface area contributed by atoms with E-state index in [-0.39, 0.29) is 17.4 Å². The largest absolute Gasteiger partial charge is 0.471 e. The number of hydrogen-bond donors (Lipinski definition) is 1. The van der Waals surface area contributed by atoms with Crippen molar-refractivity contribution in [3.8, 4) is 0 Å². The summed E-state index contributed by atoms with van der Waals surface area (Å²) in [6.45, 7) is 9.27. The van der Waals surface area contributed by atoms with E-state index >= 15 is 0 Å². The third-order valence-electron chi connectivity index (χ3n) is 9.50. The number of allylic oxidation sites excluding steroid dienone is 1. The van der Waals surface area contributed by atoms with Crippen molar-refractivity contribution in [2.45, 2.75) is 83.1 Å². The van der Waals surface area contributed by atoms with Gasteiger partial charge in [-0.1, -0.05) is 26.0 Å². The van der Waals surface area contributed by atoms with Crippen molar-refractivity contribution in [3.63, 3.8) is 0 Å². The fourth-order valence-corrected chi connectivity index (χ4v) is 9.01. The zero-order valence-corrected chi connectivity index (χ0v) is 20.0. The molecule has 7 heteroatoms. The number of alkyl halides is 3. The van der Waals surface area contributed by atoms with E-state index in [1.54, 1.807) is 0 Å². The number of rotatable bonds is 5. The van der Waals surface area contributed by atoms with Gasteiger partial charge in [-0.3, -0.25) is 9.59 Å². The van der Waals surface area contributed by atoms with Crippen LogP contribution in [0.2, 0.25) is 0 Å². The average Bonchev–Trinajstić information content (AvgIpc) is 3.02. The van der Waals surface area contributed by atoms with E-state index in [1.165, 1.54) is 5.57 Å². The molecule has 180 valence electrons. The molecule has 1 amide bonds. The van der Waals surface area contributed by atoms with Crippen LogP contribution in [0, 0.1) is 34.5 Å². The van der Waals surface area contributed by atoms with Crippen molar-refractivity contribution in [2.75, 3.05) is 12.3 Å². The highest BCUT2D eigenvalue weighted by molar-refractivity contribution is 7.99. The molecule has 1 N–H and O–H groups in total. The molecule has 4 aliphatic carbocycles. The molecule has 0 saturated heterocycles. The third-order valence-corrected chi connectivity index (χ3v) is 10.9. The Bertz CT molecular complexity index is 784. The number of thioether (sulfide) groups is 1. The Hall–Kier alpha value is -0.980. The van der Waals surface area contributed by atoms with Gasteiger partial charge in [0.2, 0.25) is 0 Å². The monoisotopic (exact) mass is 471 g/mol. The zero-order valence-electron chi connectivity index (χ0n) is 19.2. The predicted octanol–water partition coefficient (Wildman–Crippen LogP) is 5.93. The van der Waals surface area contributed by atoms with Crippen LogP contribution in [-0.2, 0) is 9.59 Å². The first-order chi connectivity index (χ1) is 15.0. The van der Waals surface area contributed by atoms with E-state index in [2.05, 4.69) is 20.4 Å². The van der Waals surface area contributed by atoms with Crippen LogP contribution in [0.5, 0.6) is 0 Å². The highest BCUT2D eigenvalue weighted by Gasteiger charge is 2.60. The summed E-state index contributed by atoms with van der Waals surface area (Å²) in [6, 6.07) is 0. The maximum absolute atomic E-state index is 12.6. The minimum Gasteiger partial charge on any atom is -0.348 e. The normalized spacial score (nSPS) is 41.6. The van der Waals surface area contributed by atoms with E-state index in [1.807, 2.05) is 17.1 Å². The number of halogens is 3. The molecule has 4 saturated carbocycles. The summed E-state index contributed by atoms with van der Waals surface area (Å²) in [5, 5.41) is 2.46. The first kappa shape index (κ1) is 24.2. The van der Waals surface area contributed by atoms with Crippen LogP contribution in [0.1, 0.15) is 71.6 Å². The highest BCUT2D eigenvalue weighted by atomic mass is 32.2. The lowest BCUT2D eigenvalue weighted by Crippen LogP contribution is -2.54. The van der Waals surface area contributed by atoms with Crippen molar-refractivity contribution >= 4 is 23.5 Å². The summed E-state index contributed by atoms with van der Waals surface area (Å²) in [5.41, 5.74) is 1.50. The van der Waals surface area contributed by atoms with E-state index < -0.39 is 12.1 Å². The maximum Gasteiger partial charge on any atom is 0.471 e. The Morgan fingerprint density at radius 2 is 1.94 bits per heavy atom. The number of amides is 1. The summed E-state index contributed by atoms with van der Waals surface area (Å²) >= 11 is 1.84. The summed E-state index contributed by atoms with van der Waals surface area (Å²) in [6.07, 6.45) is 4.18. The first-order valence-corrected chi connectivity index (χ1v) is 13.2. The van der Waals surface area contributed by atoms with E-state index in [9.17, 15) is 22.8 Å². The van der Waals surface area contributed by atoms with Gasteiger partial charge in [-0.25, -0.2) is 0 Å². The maximum atomic E-state index is 12.6. The first-order valence-electron chi connectivity index (χ1n) is 12.1. The Morgan fingerprint density at radius 1 is 1.19 bits per heavy atom. The van der Waals surface area contributed by atoms with Gasteiger partial charge in [-0.05, 0) is 86.2 Å². The Kier molecular flexibility index (Phi) is 6.54. The summed E-state index contributed by atoms with van der Waals surface area (Å²) in [5.74, 6) is 1.67. The lowest BCUT2D eigenvalue weighted by Gasteiger charge is -2.61. The average molecular weight is 472 g/mol. The Balaban J connectivity index is 1.32. The topological polar surface area (TPSA) is 46.2 Å². The van der Waals surface area contributed by atoms with Gasteiger partial charge in [-0.15, -0.1) is 0 Å². The van der Waals surface area contributed by atoms with Crippen LogP contribution in [0.3, 0.4) is 0 Å². The summed E-state index contributed by atoms with van der Waals surface area (Å²) in [4.78, 5) is 23.5. The van der Waals surface area contributed by atoms with Gasteiger partial charge in [0.05, 0.1) is 0 Å². The second-order valence-corrected chi connectivity index (χ2v) is 12.5. The van der Waals surface area contributed by atoms with Gasteiger partial charge in [0.15, 0.2) is 0 Å². The van der Waals surface area contributed by atoms with Crippen molar-refractivity contribution < 1.29 is 22.8 Å². The molecule has 0 radical (unpaired) electrons. The molecule has 4 aliphatic rings. The lowest BCUT2D eigenvalue weighted by molar-refractivity contribution is -0.173. The molecule has 0 aromatic carbocycles. The fraction of sp³-hybridized carbons (Fsp3) is 0.840. The number of ketones is 1. The van der Waals surface area contributed by atoms with Gasteiger partial charge in [-0.2, -0.15) is 24.9 Å². The van der Waals surface area contributed by atoms with Crippen LogP contribution < -0.4 is 5.32 Å². The number of hydrogen-bond acceptors (Lipinski definition) is 3. The highest BCUT2D eigenvalue weighted by Crippen LogP contribution is 2.66. The molecule has 0 bridgehead atoms. The second kappa shape index (κ2) is 8.66. The van der Waals surface area contributed by atoms with Gasteiger partial charge in [0.25, 0.3) is 0 Å². The molecule has 3 nitrogen and oxygen atoms in total. The van der Waals surface area contributed by atoms with Gasteiger partial charge < -0.3 is 5.32 Å². The second-order valence-electron chi connectivity index (χ2n) is 11.1. The Labute approximate surface area is 193 Å². The SMILES string of the molecule is C=C1CC2C3CCC(=O)[C@@]3(C)CCC2[C@@]2(C)CCC(SCCCNC(=O)C(F)(F)F)C[C@H]12. The molecule has 7 atom stereocenters. The summed E-state index contributed by atoms with van der Waals surface area (Å²) < 4.78 is 36.8. The molecule has 4 fully saturated rings.